The number of rotatable bonds is 5. The highest BCUT2D eigenvalue weighted by atomic mass is 16.6. The number of unbranched alkanes of at least 4 members (excludes halogenated alkanes) is 1. The average molecular weight is 143 g/mol. The third-order valence-corrected chi connectivity index (χ3v) is 1.45. The number of hydrogen-bond acceptors (Lipinski definition) is 2. The van der Waals surface area contributed by atoms with Crippen LogP contribution in [0, 0.1) is 0 Å². The first kappa shape index (κ1) is 9.47. The molecule has 0 N–H and O–H groups in total. The molecule has 0 heterocycles. The van der Waals surface area contributed by atoms with E-state index in [1.54, 1.807) is 7.11 Å². The van der Waals surface area contributed by atoms with Gasteiger partial charge in [0.1, 0.15) is 7.11 Å². The molecule has 0 aromatic heterocycles. The van der Waals surface area contributed by atoms with Gasteiger partial charge in [0, 0.05) is 0 Å². The number of oxime groups is 1. The molecule has 0 radical (unpaired) electrons. The van der Waals surface area contributed by atoms with Crippen LogP contribution >= 0.6 is 0 Å². The second-order valence-corrected chi connectivity index (χ2v) is 2.30. The van der Waals surface area contributed by atoms with Crippen LogP contribution in [-0.2, 0) is 4.84 Å². The van der Waals surface area contributed by atoms with Gasteiger partial charge in [0.05, 0.1) is 5.71 Å². The second-order valence-electron chi connectivity index (χ2n) is 2.30. The third kappa shape index (κ3) is 4.36. The normalized spacial score (nSPS) is 11.7. The fourth-order valence-electron chi connectivity index (χ4n) is 0.797. The summed E-state index contributed by atoms with van der Waals surface area (Å²) in [6.07, 6.45) is 4.54. The molecule has 0 rings (SSSR count). The Balaban J connectivity index is 3.49. The molecule has 0 aromatic carbocycles. The molecule has 0 aliphatic carbocycles. The Bertz CT molecular complexity index is 99.4. The van der Waals surface area contributed by atoms with Crippen LogP contribution < -0.4 is 0 Å². The van der Waals surface area contributed by atoms with Crippen LogP contribution in [0.3, 0.4) is 0 Å². The summed E-state index contributed by atoms with van der Waals surface area (Å²) in [6, 6.07) is 0. The van der Waals surface area contributed by atoms with Gasteiger partial charge in [0.2, 0.25) is 0 Å². The van der Waals surface area contributed by atoms with Crippen LogP contribution in [0.4, 0.5) is 0 Å². The van der Waals surface area contributed by atoms with Gasteiger partial charge in [-0.3, -0.25) is 0 Å². The van der Waals surface area contributed by atoms with E-state index in [2.05, 4.69) is 23.8 Å². The van der Waals surface area contributed by atoms with Gasteiger partial charge < -0.3 is 4.84 Å². The Morgan fingerprint density at radius 3 is 2.50 bits per heavy atom. The third-order valence-electron chi connectivity index (χ3n) is 1.45. The molecule has 0 aliphatic rings. The van der Waals surface area contributed by atoms with Crippen LogP contribution in [0.1, 0.15) is 39.5 Å². The van der Waals surface area contributed by atoms with Gasteiger partial charge in [-0.1, -0.05) is 25.4 Å². The monoisotopic (exact) mass is 143 g/mol. The van der Waals surface area contributed by atoms with Crippen LogP contribution in [0.5, 0.6) is 0 Å². The zero-order valence-corrected chi connectivity index (χ0v) is 7.18. The lowest BCUT2D eigenvalue weighted by Gasteiger charge is -1.99. The SMILES string of the molecule is CCCC/C(CC)=N\OC. The molecule has 0 fully saturated rings. The molecule has 0 bridgehead atoms. The summed E-state index contributed by atoms with van der Waals surface area (Å²) in [5.74, 6) is 0. The molecule has 0 aromatic rings. The van der Waals surface area contributed by atoms with Crippen molar-refractivity contribution >= 4 is 5.71 Å². The second kappa shape index (κ2) is 6.59. The predicted octanol–water partition coefficient (Wildman–Crippen LogP) is 2.59. The summed E-state index contributed by atoms with van der Waals surface area (Å²) in [7, 11) is 1.60. The van der Waals surface area contributed by atoms with E-state index in [9.17, 15) is 0 Å². The average Bonchev–Trinajstić information content (AvgIpc) is 1.98. The van der Waals surface area contributed by atoms with Crippen molar-refractivity contribution in [2.75, 3.05) is 7.11 Å². The van der Waals surface area contributed by atoms with Crippen molar-refractivity contribution in [1.82, 2.24) is 0 Å². The van der Waals surface area contributed by atoms with Gasteiger partial charge in [0.15, 0.2) is 0 Å². The van der Waals surface area contributed by atoms with E-state index in [0.29, 0.717) is 0 Å². The maximum Gasteiger partial charge on any atom is 0.106 e. The molecule has 60 valence electrons. The van der Waals surface area contributed by atoms with E-state index in [-0.39, 0.29) is 0 Å². The Hall–Kier alpha value is -0.530. The molecule has 0 unspecified atom stereocenters. The van der Waals surface area contributed by atoms with Crippen molar-refractivity contribution < 1.29 is 4.84 Å². The highest BCUT2D eigenvalue weighted by molar-refractivity contribution is 5.83. The zero-order chi connectivity index (χ0) is 7.82. The molecule has 0 saturated heterocycles. The van der Waals surface area contributed by atoms with E-state index in [1.165, 1.54) is 18.6 Å². The molecule has 0 spiro atoms. The quantitative estimate of drug-likeness (QED) is 0.428. The van der Waals surface area contributed by atoms with E-state index < -0.39 is 0 Å². The molecule has 0 saturated carbocycles. The van der Waals surface area contributed by atoms with Gasteiger partial charge in [-0.05, 0) is 19.3 Å². The molecule has 2 nitrogen and oxygen atoms in total. The van der Waals surface area contributed by atoms with E-state index in [0.717, 1.165) is 12.8 Å². The van der Waals surface area contributed by atoms with Crippen molar-refractivity contribution in [2.24, 2.45) is 5.16 Å². The van der Waals surface area contributed by atoms with E-state index >= 15 is 0 Å². The highest BCUT2D eigenvalue weighted by Gasteiger charge is 1.94. The zero-order valence-electron chi connectivity index (χ0n) is 7.18. The van der Waals surface area contributed by atoms with Crippen LogP contribution in [0.15, 0.2) is 5.16 Å². The number of hydrogen-bond donors (Lipinski definition) is 0. The van der Waals surface area contributed by atoms with Crippen molar-refractivity contribution in [3.05, 3.63) is 0 Å². The molecule has 0 atom stereocenters. The molecule has 2 heteroatoms. The van der Waals surface area contributed by atoms with Gasteiger partial charge >= 0.3 is 0 Å². The van der Waals surface area contributed by atoms with Crippen molar-refractivity contribution in [3.8, 4) is 0 Å². The minimum absolute atomic E-state index is 1.01. The summed E-state index contributed by atoms with van der Waals surface area (Å²) in [4.78, 5) is 4.68. The maximum atomic E-state index is 4.68. The lowest BCUT2D eigenvalue weighted by Crippen LogP contribution is -1.96. The topological polar surface area (TPSA) is 21.6 Å². The van der Waals surface area contributed by atoms with E-state index in [4.69, 9.17) is 0 Å². The highest BCUT2D eigenvalue weighted by Crippen LogP contribution is 2.00. The summed E-state index contributed by atoms with van der Waals surface area (Å²) >= 11 is 0. The summed E-state index contributed by atoms with van der Waals surface area (Å²) < 4.78 is 0. The Morgan fingerprint density at radius 2 is 2.10 bits per heavy atom. The van der Waals surface area contributed by atoms with Crippen LogP contribution in [0.2, 0.25) is 0 Å². The maximum absolute atomic E-state index is 4.68. The fourth-order valence-corrected chi connectivity index (χ4v) is 0.797. The molecular weight excluding hydrogens is 126 g/mol. The van der Waals surface area contributed by atoms with Gasteiger partial charge in [0.25, 0.3) is 0 Å². The summed E-state index contributed by atoms with van der Waals surface area (Å²) in [5.41, 5.74) is 1.17. The van der Waals surface area contributed by atoms with Gasteiger partial charge in [-0.15, -0.1) is 0 Å². The Kier molecular flexibility index (Phi) is 6.24. The summed E-state index contributed by atoms with van der Waals surface area (Å²) in [5, 5.41) is 3.90. The van der Waals surface area contributed by atoms with Crippen molar-refractivity contribution in [3.63, 3.8) is 0 Å². The standard InChI is InChI=1S/C8H17NO/c1-4-6-7-8(5-2)9-10-3/h4-7H2,1-3H3/b9-8-. The largest absolute Gasteiger partial charge is 0.399 e. The minimum atomic E-state index is 1.01. The molecular formula is C8H17NO. The minimum Gasteiger partial charge on any atom is -0.399 e. The number of nitrogens with zero attached hydrogens (tertiary/aromatic N) is 1. The van der Waals surface area contributed by atoms with Crippen LogP contribution in [0.25, 0.3) is 0 Å². The van der Waals surface area contributed by atoms with Crippen LogP contribution in [-0.4, -0.2) is 12.8 Å². The van der Waals surface area contributed by atoms with Crippen molar-refractivity contribution in [1.29, 1.82) is 0 Å². The smallest absolute Gasteiger partial charge is 0.106 e. The lowest BCUT2D eigenvalue weighted by atomic mass is 10.1. The summed E-state index contributed by atoms with van der Waals surface area (Å²) in [6.45, 7) is 4.29. The molecule has 10 heavy (non-hydrogen) atoms. The fraction of sp³-hybridized carbons (Fsp3) is 0.875. The first-order chi connectivity index (χ1) is 4.85. The Morgan fingerprint density at radius 1 is 1.40 bits per heavy atom. The predicted molar refractivity (Wildman–Crippen MR) is 44.3 cm³/mol. The first-order valence-electron chi connectivity index (χ1n) is 3.94. The van der Waals surface area contributed by atoms with Gasteiger partial charge in [-0.25, -0.2) is 0 Å². The Labute approximate surface area is 63.3 Å². The first-order valence-corrected chi connectivity index (χ1v) is 3.94. The van der Waals surface area contributed by atoms with Gasteiger partial charge in [-0.2, -0.15) is 0 Å². The van der Waals surface area contributed by atoms with Crippen molar-refractivity contribution in [2.45, 2.75) is 39.5 Å². The van der Waals surface area contributed by atoms with E-state index in [1.807, 2.05) is 0 Å². The molecule has 0 amide bonds. The lowest BCUT2D eigenvalue weighted by molar-refractivity contribution is 0.211. The molecule has 0 aliphatic heterocycles.